The first-order chi connectivity index (χ1) is 13.4. The first kappa shape index (κ1) is 20.6. The van der Waals surface area contributed by atoms with Gasteiger partial charge in [0.1, 0.15) is 12.3 Å². The minimum absolute atomic E-state index is 0.219. The normalized spacial score (nSPS) is 9.93. The molecule has 0 radical (unpaired) electrons. The van der Waals surface area contributed by atoms with E-state index in [-0.39, 0.29) is 12.5 Å². The van der Waals surface area contributed by atoms with E-state index in [4.69, 9.17) is 9.47 Å². The van der Waals surface area contributed by atoms with E-state index in [1.807, 2.05) is 0 Å². The summed E-state index contributed by atoms with van der Waals surface area (Å²) in [5, 5.41) is 5.00. The van der Waals surface area contributed by atoms with Gasteiger partial charge in [-0.15, -0.1) is 0 Å². The summed E-state index contributed by atoms with van der Waals surface area (Å²) in [6, 6.07) is 12.7. The Morgan fingerprint density at radius 3 is 2.32 bits per heavy atom. The molecule has 8 heteroatoms. The molecule has 0 aromatic heterocycles. The van der Waals surface area contributed by atoms with Crippen LogP contribution < -0.4 is 15.4 Å². The Balaban J connectivity index is 1.79. The summed E-state index contributed by atoms with van der Waals surface area (Å²) in [7, 11) is 1.48. The number of hydrogen-bond donors (Lipinski definition) is 2. The number of rotatable bonds is 8. The molecule has 0 atom stereocenters. The number of ether oxygens (including phenoxy) is 2. The molecule has 0 saturated heterocycles. The summed E-state index contributed by atoms with van der Waals surface area (Å²) >= 11 is 0. The number of nitrogens with one attached hydrogen (secondary N) is 2. The van der Waals surface area contributed by atoms with E-state index in [9.17, 15) is 19.2 Å². The number of anilines is 1. The molecule has 0 bridgehead atoms. The van der Waals surface area contributed by atoms with Crippen LogP contribution in [0.5, 0.6) is 5.75 Å². The summed E-state index contributed by atoms with van der Waals surface area (Å²) in [6.07, 6.45) is 0. The van der Waals surface area contributed by atoms with E-state index in [1.54, 1.807) is 30.3 Å². The van der Waals surface area contributed by atoms with Crippen molar-refractivity contribution in [3.63, 3.8) is 0 Å². The van der Waals surface area contributed by atoms with Crippen LogP contribution in [0.4, 0.5) is 5.69 Å². The predicted molar refractivity (Wildman–Crippen MR) is 101 cm³/mol. The van der Waals surface area contributed by atoms with Crippen LogP contribution in [0.25, 0.3) is 0 Å². The van der Waals surface area contributed by atoms with Gasteiger partial charge in [0.05, 0.1) is 7.11 Å². The monoisotopic (exact) mass is 384 g/mol. The Hall–Kier alpha value is -3.68. The summed E-state index contributed by atoms with van der Waals surface area (Å²) in [5.41, 5.74) is 1.23. The van der Waals surface area contributed by atoms with Crippen LogP contribution in [0.15, 0.2) is 48.5 Å². The van der Waals surface area contributed by atoms with E-state index < -0.39 is 24.3 Å². The van der Waals surface area contributed by atoms with Gasteiger partial charge in [0.2, 0.25) is 5.91 Å². The summed E-state index contributed by atoms with van der Waals surface area (Å²) < 4.78 is 9.92. The topological polar surface area (TPSA) is 111 Å². The molecule has 0 unspecified atom stereocenters. The second kappa shape index (κ2) is 9.86. The Morgan fingerprint density at radius 2 is 1.68 bits per heavy atom. The Morgan fingerprint density at radius 1 is 0.964 bits per heavy atom. The fourth-order valence-electron chi connectivity index (χ4n) is 2.24. The minimum Gasteiger partial charge on any atom is -0.497 e. The third-order valence-corrected chi connectivity index (χ3v) is 3.62. The van der Waals surface area contributed by atoms with Crippen molar-refractivity contribution in [2.75, 3.05) is 25.6 Å². The summed E-state index contributed by atoms with van der Waals surface area (Å²) in [6.45, 7) is 0.559. The highest BCUT2D eigenvalue weighted by atomic mass is 16.5. The van der Waals surface area contributed by atoms with Crippen molar-refractivity contribution in [1.29, 1.82) is 0 Å². The lowest BCUT2D eigenvalue weighted by Crippen LogP contribution is -2.31. The van der Waals surface area contributed by atoms with Crippen molar-refractivity contribution in [1.82, 2.24) is 5.32 Å². The van der Waals surface area contributed by atoms with Gasteiger partial charge in [0.25, 0.3) is 5.91 Å². The van der Waals surface area contributed by atoms with Gasteiger partial charge < -0.3 is 20.1 Å². The Bertz CT molecular complexity index is 877. The van der Waals surface area contributed by atoms with E-state index in [0.29, 0.717) is 22.6 Å². The maximum absolute atomic E-state index is 12.0. The van der Waals surface area contributed by atoms with E-state index in [1.165, 1.54) is 32.2 Å². The lowest BCUT2D eigenvalue weighted by atomic mass is 10.1. The Kier molecular flexibility index (Phi) is 7.27. The van der Waals surface area contributed by atoms with Crippen LogP contribution >= 0.6 is 0 Å². The van der Waals surface area contributed by atoms with Crippen LogP contribution in [0.3, 0.4) is 0 Å². The van der Waals surface area contributed by atoms with Crippen molar-refractivity contribution in [2.24, 2.45) is 0 Å². The van der Waals surface area contributed by atoms with Crippen molar-refractivity contribution in [3.8, 4) is 5.75 Å². The molecular formula is C20H20N2O6. The lowest BCUT2D eigenvalue weighted by molar-refractivity contribution is -0.141. The van der Waals surface area contributed by atoms with E-state index in [2.05, 4.69) is 10.6 Å². The van der Waals surface area contributed by atoms with Crippen molar-refractivity contribution < 1.29 is 28.7 Å². The summed E-state index contributed by atoms with van der Waals surface area (Å²) in [4.78, 5) is 46.8. The average Bonchev–Trinajstić information content (AvgIpc) is 2.70. The fraction of sp³-hybridized carbons (Fsp3) is 0.200. The smallest absolute Gasteiger partial charge is 0.325 e. The van der Waals surface area contributed by atoms with Gasteiger partial charge in [-0.2, -0.15) is 0 Å². The van der Waals surface area contributed by atoms with Crippen LogP contribution in [0.1, 0.15) is 27.6 Å². The molecule has 2 aromatic carbocycles. The number of carbonyl (C=O) groups is 4. The SMILES string of the molecule is COc1cccc(C(=O)NCC(=O)OCC(=O)c2ccc(NC(C)=O)cc2)c1. The Labute approximate surface area is 161 Å². The second-order valence-corrected chi connectivity index (χ2v) is 5.76. The van der Waals surface area contributed by atoms with Gasteiger partial charge >= 0.3 is 5.97 Å². The second-order valence-electron chi connectivity index (χ2n) is 5.76. The standard InChI is InChI=1S/C20H20N2O6/c1-13(23)22-16-8-6-14(7-9-16)18(24)12-28-19(25)11-21-20(26)15-4-3-5-17(10-15)27-2/h3-10H,11-12H2,1-2H3,(H,21,26)(H,22,23). The maximum atomic E-state index is 12.0. The number of Topliss-reactive ketones (excluding diaryl/α,β-unsaturated/α-hetero) is 1. The predicted octanol–water partition coefficient (Wildman–Crippen LogP) is 1.81. The van der Waals surface area contributed by atoms with Gasteiger partial charge in [-0.3, -0.25) is 19.2 Å². The van der Waals surface area contributed by atoms with Crippen molar-refractivity contribution >= 4 is 29.3 Å². The zero-order valence-electron chi connectivity index (χ0n) is 15.5. The highest BCUT2D eigenvalue weighted by molar-refractivity contribution is 5.99. The van der Waals surface area contributed by atoms with Crippen LogP contribution in [-0.4, -0.2) is 43.8 Å². The molecule has 2 aromatic rings. The van der Waals surface area contributed by atoms with Gasteiger partial charge in [0, 0.05) is 23.7 Å². The molecule has 0 aliphatic heterocycles. The zero-order valence-corrected chi connectivity index (χ0v) is 15.5. The highest BCUT2D eigenvalue weighted by Crippen LogP contribution is 2.12. The molecule has 2 N–H and O–H groups in total. The minimum atomic E-state index is -0.737. The molecule has 0 aliphatic rings. The first-order valence-corrected chi connectivity index (χ1v) is 8.38. The van der Waals surface area contributed by atoms with E-state index >= 15 is 0 Å². The number of ketones is 1. The molecule has 8 nitrogen and oxygen atoms in total. The lowest BCUT2D eigenvalue weighted by Gasteiger charge is -2.08. The number of benzene rings is 2. The molecular weight excluding hydrogens is 364 g/mol. The molecule has 146 valence electrons. The van der Waals surface area contributed by atoms with Gasteiger partial charge in [-0.25, -0.2) is 0 Å². The number of esters is 1. The largest absolute Gasteiger partial charge is 0.497 e. The molecule has 28 heavy (non-hydrogen) atoms. The maximum Gasteiger partial charge on any atom is 0.325 e. The number of carbonyl (C=O) groups excluding carboxylic acids is 4. The van der Waals surface area contributed by atoms with Crippen LogP contribution in [-0.2, 0) is 14.3 Å². The number of amides is 2. The highest BCUT2D eigenvalue weighted by Gasteiger charge is 2.12. The van der Waals surface area contributed by atoms with Crippen molar-refractivity contribution in [2.45, 2.75) is 6.92 Å². The first-order valence-electron chi connectivity index (χ1n) is 8.38. The van der Waals surface area contributed by atoms with Gasteiger partial charge in [-0.1, -0.05) is 6.07 Å². The molecule has 2 rings (SSSR count). The third-order valence-electron chi connectivity index (χ3n) is 3.62. The molecule has 0 saturated carbocycles. The quantitative estimate of drug-likeness (QED) is 0.530. The number of methoxy groups -OCH3 is 1. The van der Waals surface area contributed by atoms with Crippen molar-refractivity contribution in [3.05, 3.63) is 59.7 Å². The van der Waals surface area contributed by atoms with E-state index in [0.717, 1.165) is 0 Å². The third kappa shape index (κ3) is 6.24. The van der Waals surface area contributed by atoms with Gasteiger partial charge in [-0.05, 0) is 42.5 Å². The molecule has 0 spiro atoms. The van der Waals surface area contributed by atoms with Crippen LogP contribution in [0.2, 0.25) is 0 Å². The fourth-order valence-corrected chi connectivity index (χ4v) is 2.24. The van der Waals surface area contributed by atoms with Gasteiger partial charge in [0.15, 0.2) is 12.4 Å². The number of hydrogen-bond acceptors (Lipinski definition) is 6. The van der Waals surface area contributed by atoms with Crippen LogP contribution in [0, 0.1) is 0 Å². The molecule has 0 fully saturated rings. The summed E-state index contributed by atoms with van der Waals surface area (Å²) in [5.74, 6) is -1.30. The average molecular weight is 384 g/mol. The molecule has 2 amide bonds. The zero-order chi connectivity index (χ0) is 20.5. The molecule has 0 aliphatic carbocycles. The molecule has 0 heterocycles.